The van der Waals surface area contributed by atoms with Crippen LogP contribution >= 0.6 is 11.6 Å². The number of benzene rings is 18. The lowest BCUT2D eigenvalue weighted by atomic mass is 9.78. The molecule has 1 saturated heterocycles. The number of halogens is 1. The van der Waals surface area contributed by atoms with Gasteiger partial charge in [-0.3, -0.25) is 0 Å². The fraction of sp³-hybridized carbons (Fsp3) is 0.0536. The SMILES string of the molecule is CC1(C)OB(c2ccc(-c3c4ccccc4c(-c4ccccc4-c4ccccc4)c4ccccc34)cc2)OC1(C)C.Clc1nc(-c2ccccc2)nc(-c2cccc3c2oc2ccccc23)n1.c1ccc(-c2nc(-c3ccc(-c4c5ccccc5c(-c5ccccc5-c5ccccc5)c5ccccc45)cc3)nc(-c3cccc4c3oc3ccccc34)n2)cc1. The summed E-state index contributed by atoms with van der Waals surface area (Å²) in [4.78, 5) is 28.4. The molecule has 0 saturated carbocycles. The van der Waals surface area contributed by atoms with E-state index in [0.717, 1.165) is 82.7 Å². The molecule has 124 heavy (non-hydrogen) atoms. The maximum absolute atomic E-state index is 6.43. The summed E-state index contributed by atoms with van der Waals surface area (Å²) >= 11 is 6.19. The van der Waals surface area contributed by atoms with Gasteiger partial charge >= 0.3 is 7.12 Å². The highest BCUT2D eigenvalue weighted by Crippen LogP contribution is 2.50. The van der Waals surface area contributed by atoms with E-state index in [-0.39, 0.29) is 23.6 Å². The van der Waals surface area contributed by atoms with Crippen LogP contribution in [-0.2, 0) is 9.31 Å². The molecule has 0 atom stereocenters. The van der Waals surface area contributed by atoms with E-state index in [1.54, 1.807) is 0 Å². The van der Waals surface area contributed by atoms with Gasteiger partial charge in [0, 0.05) is 38.2 Å². The van der Waals surface area contributed by atoms with Gasteiger partial charge in [-0.25, -0.2) is 19.9 Å². The van der Waals surface area contributed by atoms with E-state index in [2.05, 4.69) is 310 Å². The quantitative estimate of drug-likeness (QED) is 0.0863. The molecule has 22 aromatic rings. The maximum atomic E-state index is 6.43. The Bertz CT molecular complexity index is 7690. The molecule has 4 aromatic heterocycles. The maximum Gasteiger partial charge on any atom is 0.494 e. The molecule has 0 amide bonds. The second-order valence-electron chi connectivity index (χ2n) is 32.1. The van der Waals surface area contributed by atoms with Gasteiger partial charge in [-0.2, -0.15) is 9.97 Å². The van der Waals surface area contributed by atoms with Gasteiger partial charge < -0.3 is 18.1 Å². The molecule has 590 valence electrons. The van der Waals surface area contributed by atoms with Crippen molar-refractivity contribution in [1.29, 1.82) is 0 Å². The topological polar surface area (TPSA) is 122 Å². The molecule has 5 heterocycles. The van der Waals surface area contributed by atoms with E-state index < -0.39 is 0 Å². The van der Waals surface area contributed by atoms with Crippen molar-refractivity contribution in [3.8, 4) is 124 Å². The highest BCUT2D eigenvalue weighted by Gasteiger charge is 2.51. The van der Waals surface area contributed by atoms with Gasteiger partial charge in [0.1, 0.15) is 22.3 Å². The third-order valence-electron chi connectivity index (χ3n) is 24.2. The smallest absolute Gasteiger partial charge is 0.455 e. The van der Waals surface area contributed by atoms with Crippen LogP contribution in [0.3, 0.4) is 0 Å². The molecule has 0 unspecified atom stereocenters. The molecule has 1 fully saturated rings. The fourth-order valence-corrected chi connectivity index (χ4v) is 17.7. The molecule has 0 N–H and O–H groups in total. The van der Waals surface area contributed by atoms with Crippen molar-refractivity contribution in [2.45, 2.75) is 38.9 Å². The fourth-order valence-electron chi connectivity index (χ4n) is 17.5. The average molecular weight is 1620 g/mol. The molecule has 0 radical (unpaired) electrons. The van der Waals surface area contributed by atoms with Crippen LogP contribution in [0.15, 0.2) is 409 Å². The minimum Gasteiger partial charge on any atom is -0.455 e. The van der Waals surface area contributed by atoms with Crippen molar-refractivity contribution in [2.75, 3.05) is 0 Å². The van der Waals surface area contributed by atoms with Gasteiger partial charge in [0.15, 0.2) is 29.1 Å². The zero-order valence-electron chi connectivity index (χ0n) is 68.4. The Balaban J connectivity index is 0.000000123. The van der Waals surface area contributed by atoms with Crippen LogP contribution in [0.2, 0.25) is 5.28 Å². The predicted molar refractivity (Wildman–Crippen MR) is 511 cm³/mol. The van der Waals surface area contributed by atoms with Gasteiger partial charge in [-0.15, -0.1) is 0 Å². The van der Waals surface area contributed by atoms with Crippen LogP contribution in [0.1, 0.15) is 27.7 Å². The van der Waals surface area contributed by atoms with Gasteiger partial charge in [-0.1, -0.05) is 376 Å². The summed E-state index contributed by atoms with van der Waals surface area (Å²) in [6, 6.07) is 139. The van der Waals surface area contributed by atoms with E-state index in [1.165, 1.54) is 104 Å². The van der Waals surface area contributed by atoms with Crippen molar-refractivity contribution in [2.24, 2.45) is 0 Å². The molecule has 0 spiro atoms. The van der Waals surface area contributed by atoms with Crippen LogP contribution < -0.4 is 5.46 Å². The predicted octanol–water partition coefficient (Wildman–Crippen LogP) is 29.1. The molecule has 10 nitrogen and oxygen atoms in total. The second-order valence-corrected chi connectivity index (χ2v) is 32.5. The first-order chi connectivity index (χ1) is 60.9. The number of hydrogen-bond acceptors (Lipinski definition) is 10. The zero-order valence-corrected chi connectivity index (χ0v) is 69.1. The number of nitrogens with zero attached hydrogens (tertiary/aromatic N) is 6. The number of fused-ring (bicyclic) bond motifs is 10. The molecule has 1 aliphatic heterocycles. The summed E-state index contributed by atoms with van der Waals surface area (Å²) in [5, 5.41) is 14.2. The molecule has 0 aliphatic carbocycles. The monoisotopic (exact) mass is 1620 g/mol. The molecule has 0 bridgehead atoms. The van der Waals surface area contributed by atoms with Gasteiger partial charge in [0.05, 0.1) is 22.3 Å². The summed E-state index contributed by atoms with van der Waals surface area (Å²) in [5.41, 5.74) is 22.4. The average Bonchev–Trinajstić information content (AvgIpc) is 1.12. The minimum absolute atomic E-state index is 0.155. The molecular weight excluding hydrogens is 1540 g/mol. The first kappa shape index (κ1) is 76.3. The lowest BCUT2D eigenvalue weighted by Crippen LogP contribution is -2.41. The van der Waals surface area contributed by atoms with Gasteiger partial charge in [0.2, 0.25) is 5.28 Å². The highest BCUT2D eigenvalue weighted by atomic mass is 35.5. The zero-order chi connectivity index (χ0) is 83.4. The van der Waals surface area contributed by atoms with Crippen LogP contribution in [-0.4, -0.2) is 48.2 Å². The summed E-state index contributed by atoms with van der Waals surface area (Å²) in [6.45, 7) is 8.38. The third kappa shape index (κ3) is 14.1. The van der Waals surface area contributed by atoms with Gasteiger partial charge in [-0.05, 0) is 179 Å². The number of hydrogen-bond donors (Lipinski definition) is 0. The van der Waals surface area contributed by atoms with E-state index in [1.807, 2.05) is 133 Å². The van der Waals surface area contributed by atoms with Crippen LogP contribution in [0.25, 0.3) is 211 Å². The van der Waals surface area contributed by atoms with Crippen molar-refractivity contribution < 1.29 is 18.1 Å². The molecule has 12 heteroatoms. The second kappa shape index (κ2) is 32.1. The largest absolute Gasteiger partial charge is 0.494 e. The molecule has 23 rings (SSSR count). The van der Waals surface area contributed by atoms with Crippen LogP contribution in [0.5, 0.6) is 0 Å². The van der Waals surface area contributed by atoms with Gasteiger partial charge in [0.25, 0.3) is 0 Å². The Hall–Kier alpha value is -15.1. The summed E-state index contributed by atoms with van der Waals surface area (Å²) in [7, 11) is -0.376. The Kier molecular flexibility index (Phi) is 19.8. The summed E-state index contributed by atoms with van der Waals surface area (Å²) in [5.74, 6) is 2.80. The Morgan fingerprint density at radius 3 is 0.855 bits per heavy atom. The Labute approximate surface area is 722 Å². The number of rotatable bonds is 12. The molecule has 1 aliphatic rings. The van der Waals surface area contributed by atoms with E-state index >= 15 is 0 Å². The molecule has 18 aromatic carbocycles. The number of para-hydroxylation sites is 4. The molecular formula is C112H78BClN6O4. The van der Waals surface area contributed by atoms with E-state index in [9.17, 15) is 0 Å². The lowest BCUT2D eigenvalue weighted by Gasteiger charge is -2.32. The highest BCUT2D eigenvalue weighted by molar-refractivity contribution is 6.62. The van der Waals surface area contributed by atoms with Crippen LogP contribution in [0, 0.1) is 0 Å². The van der Waals surface area contributed by atoms with Crippen molar-refractivity contribution in [1.82, 2.24) is 29.9 Å². The minimum atomic E-state index is -0.376. The number of furan rings is 2. The lowest BCUT2D eigenvalue weighted by molar-refractivity contribution is 0.00578. The standard InChI is InChI=1S/C53H33N3O.C38H33BO2.C21H12ClN3O/c1-3-16-34(17-4-1)38-20-7-8-22-40(38)49-43-25-11-9-23-41(43)48(42-24-10-12-26-44(42)49)35-30-32-37(33-31-35)52-54-51(36-18-5-2-6-19-36)55-53(56-52)46-28-15-27-45-39-21-13-14-29-47(39)57-50(45)46;1-37(2)38(3,4)41-39(40-37)28-24-22-27(23-25-28)35-31-18-10-12-20-33(31)36(34-21-13-11-19-32(34)35)30-17-9-8-16-29(30)26-14-6-5-7-15-26;22-21-24-19(13-7-2-1-3-8-13)23-20(25-21)16-11-6-10-15-14-9-4-5-12-17(14)26-18(15)16/h1-33H;5-25H,1-4H3;1-12H. The van der Waals surface area contributed by atoms with E-state index in [0.29, 0.717) is 29.1 Å². The first-order valence-electron chi connectivity index (χ1n) is 41.7. The van der Waals surface area contributed by atoms with Crippen LogP contribution in [0.4, 0.5) is 0 Å². The summed E-state index contributed by atoms with van der Waals surface area (Å²) in [6.07, 6.45) is 0. The normalized spacial score (nSPS) is 12.9. The Morgan fingerprint density at radius 1 is 0.210 bits per heavy atom. The van der Waals surface area contributed by atoms with Crippen molar-refractivity contribution >= 4 is 111 Å². The summed E-state index contributed by atoms with van der Waals surface area (Å²) < 4.78 is 25.2. The van der Waals surface area contributed by atoms with Crippen molar-refractivity contribution in [3.05, 3.63) is 406 Å². The van der Waals surface area contributed by atoms with Crippen molar-refractivity contribution in [3.63, 3.8) is 0 Å². The van der Waals surface area contributed by atoms with E-state index in [4.69, 9.17) is 44.7 Å². The third-order valence-corrected chi connectivity index (χ3v) is 24.3. The number of aromatic nitrogens is 6. The Morgan fingerprint density at radius 2 is 0.468 bits per heavy atom. The first-order valence-corrected chi connectivity index (χ1v) is 42.1.